The van der Waals surface area contributed by atoms with Crippen LogP contribution in [0.5, 0.6) is 0 Å². The molecule has 2 heterocycles. The summed E-state index contributed by atoms with van der Waals surface area (Å²) in [6.45, 7) is 5.05. The number of nitrogens with one attached hydrogen (secondary N) is 1. The summed E-state index contributed by atoms with van der Waals surface area (Å²) in [6, 6.07) is 16.3. The summed E-state index contributed by atoms with van der Waals surface area (Å²) in [4.78, 5) is 32.3. The van der Waals surface area contributed by atoms with Crippen molar-refractivity contribution in [1.82, 2.24) is 25.3 Å². The Hall–Kier alpha value is -3.72. The van der Waals surface area contributed by atoms with Crippen LogP contribution in [0, 0.1) is 0 Å². The third-order valence-corrected chi connectivity index (χ3v) is 5.65. The Labute approximate surface area is 186 Å². The van der Waals surface area contributed by atoms with E-state index in [1.807, 2.05) is 54.3 Å². The highest BCUT2D eigenvalue weighted by atomic mass is 16.5. The van der Waals surface area contributed by atoms with E-state index in [1.54, 1.807) is 12.1 Å². The molecule has 0 saturated carbocycles. The lowest BCUT2D eigenvalue weighted by Crippen LogP contribution is -2.49. The van der Waals surface area contributed by atoms with Crippen molar-refractivity contribution in [1.29, 1.82) is 0 Å². The lowest BCUT2D eigenvalue weighted by molar-refractivity contribution is 0.0551. The molecule has 1 fully saturated rings. The molecule has 1 atom stereocenters. The molecule has 0 radical (unpaired) electrons. The predicted molar refractivity (Wildman–Crippen MR) is 118 cm³/mol. The van der Waals surface area contributed by atoms with Crippen LogP contribution in [-0.2, 0) is 6.54 Å². The van der Waals surface area contributed by atoms with Crippen LogP contribution in [0.25, 0.3) is 11.4 Å². The minimum absolute atomic E-state index is 0.00383. The fraction of sp³-hybridized carbons (Fsp3) is 0.304. The summed E-state index contributed by atoms with van der Waals surface area (Å²) < 4.78 is 5.51. The summed E-state index contributed by atoms with van der Waals surface area (Å²) in [5.41, 5.74) is 7.51. The predicted octanol–water partition coefficient (Wildman–Crippen LogP) is 2.42. The van der Waals surface area contributed by atoms with Gasteiger partial charge < -0.3 is 20.5 Å². The Kier molecular flexibility index (Phi) is 6.46. The fourth-order valence-electron chi connectivity index (χ4n) is 3.71. The van der Waals surface area contributed by atoms with Gasteiger partial charge in [0, 0.05) is 43.9 Å². The van der Waals surface area contributed by atoms with Gasteiger partial charge in [0.15, 0.2) is 0 Å². The molecule has 9 nitrogen and oxygen atoms in total. The molecule has 1 aliphatic heterocycles. The number of primary amides is 1. The smallest absolute Gasteiger partial charge is 0.312 e. The number of amides is 3. The molecule has 3 N–H and O–H groups in total. The Morgan fingerprint density at radius 3 is 2.41 bits per heavy atom. The van der Waals surface area contributed by atoms with E-state index in [4.69, 9.17) is 10.3 Å². The first-order valence-corrected chi connectivity index (χ1v) is 10.6. The average molecular weight is 435 g/mol. The van der Waals surface area contributed by atoms with Gasteiger partial charge in [-0.25, -0.2) is 4.79 Å². The molecule has 3 aromatic rings. The standard InChI is InChI=1S/C23H26N6O3/c1-16(21-26-20(27-32-21)18-5-3-2-4-6-18)28-11-13-29(14-12-28)22(30)19-9-7-17(8-10-19)15-25-23(24)31/h2-10,16H,11-15H2,1H3,(H3,24,25,31). The van der Waals surface area contributed by atoms with Crippen LogP contribution in [-0.4, -0.2) is 58.1 Å². The molecule has 3 amide bonds. The Morgan fingerprint density at radius 2 is 1.75 bits per heavy atom. The Morgan fingerprint density at radius 1 is 1.06 bits per heavy atom. The third kappa shape index (κ3) is 4.94. The molecule has 2 aromatic carbocycles. The lowest BCUT2D eigenvalue weighted by atomic mass is 10.1. The highest BCUT2D eigenvalue weighted by molar-refractivity contribution is 5.94. The normalized spacial score (nSPS) is 15.3. The molecule has 4 rings (SSSR count). The number of rotatable bonds is 6. The maximum Gasteiger partial charge on any atom is 0.312 e. The fourth-order valence-corrected chi connectivity index (χ4v) is 3.71. The molecule has 1 unspecified atom stereocenters. The number of nitrogens with zero attached hydrogens (tertiary/aromatic N) is 4. The molecule has 1 aromatic heterocycles. The number of piperazine rings is 1. The zero-order valence-corrected chi connectivity index (χ0v) is 17.9. The van der Waals surface area contributed by atoms with Crippen LogP contribution >= 0.6 is 0 Å². The number of carbonyl (C=O) groups excluding carboxylic acids is 2. The van der Waals surface area contributed by atoms with Crippen molar-refractivity contribution in [3.05, 3.63) is 71.6 Å². The maximum atomic E-state index is 12.9. The number of hydrogen-bond donors (Lipinski definition) is 2. The van der Waals surface area contributed by atoms with E-state index in [1.165, 1.54) is 0 Å². The molecule has 32 heavy (non-hydrogen) atoms. The summed E-state index contributed by atoms with van der Waals surface area (Å²) in [6.07, 6.45) is 0. The summed E-state index contributed by atoms with van der Waals surface area (Å²) in [7, 11) is 0. The van der Waals surface area contributed by atoms with E-state index in [0.717, 1.165) is 24.2 Å². The third-order valence-electron chi connectivity index (χ3n) is 5.65. The highest BCUT2D eigenvalue weighted by Gasteiger charge is 2.28. The van der Waals surface area contributed by atoms with Gasteiger partial charge in [-0.2, -0.15) is 4.98 Å². The summed E-state index contributed by atoms with van der Waals surface area (Å²) in [5.74, 6) is 1.15. The molecule has 0 bridgehead atoms. The van der Waals surface area contributed by atoms with Gasteiger partial charge in [0.1, 0.15) is 0 Å². The molecular formula is C23H26N6O3. The van der Waals surface area contributed by atoms with Crippen LogP contribution in [0.4, 0.5) is 4.79 Å². The summed E-state index contributed by atoms with van der Waals surface area (Å²) in [5, 5.41) is 6.64. The van der Waals surface area contributed by atoms with Crippen molar-refractivity contribution in [3.8, 4) is 11.4 Å². The second-order valence-corrected chi connectivity index (χ2v) is 7.74. The van der Waals surface area contributed by atoms with Crippen molar-refractivity contribution < 1.29 is 14.1 Å². The van der Waals surface area contributed by atoms with Gasteiger partial charge in [0.25, 0.3) is 5.91 Å². The molecule has 9 heteroatoms. The second kappa shape index (κ2) is 9.61. The minimum Gasteiger partial charge on any atom is -0.352 e. The highest BCUT2D eigenvalue weighted by Crippen LogP contribution is 2.23. The lowest BCUT2D eigenvalue weighted by Gasteiger charge is -2.36. The molecule has 0 aliphatic carbocycles. The van der Waals surface area contributed by atoms with Crippen molar-refractivity contribution in [3.63, 3.8) is 0 Å². The van der Waals surface area contributed by atoms with Crippen molar-refractivity contribution in [2.45, 2.75) is 19.5 Å². The molecule has 166 valence electrons. The van der Waals surface area contributed by atoms with Gasteiger partial charge in [0.2, 0.25) is 11.7 Å². The number of hydrogen-bond acceptors (Lipinski definition) is 6. The first-order chi connectivity index (χ1) is 15.5. The molecule has 1 aliphatic rings. The van der Waals surface area contributed by atoms with Crippen LogP contribution in [0.2, 0.25) is 0 Å². The topological polar surface area (TPSA) is 118 Å². The van der Waals surface area contributed by atoms with Crippen LogP contribution < -0.4 is 11.1 Å². The first-order valence-electron chi connectivity index (χ1n) is 10.6. The van der Waals surface area contributed by atoms with Crippen molar-refractivity contribution in [2.24, 2.45) is 5.73 Å². The van der Waals surface area contributed by atoms with E-state index in [-0.39, 0.29) is 11.9 Å². The van der Waals surface area contributed by atoms with E-state index < -0.39 is 6.03 Å². The van der Waals surface area contributed by atoms with E-state index in [2.05, 4.69) is 20.4 Å². The van der Waals surface area contributed by atoms with Crippen LogP contribution in [0.3, 0.4) is 0 Å². The van der Waals surface area contributed by atoms with Crippen molar-refractivity contribution in [2.75, 3.05) is 26.2 Å². The second-order valence-electron chi connectivity index (χ2n) is 7.74. The van der Waals surface area contributed by atoms with E-state index in [0.29, 0.717) is 36.9 Å². The molecular weight excluding hydrogens is 408 g/mol. The minimum atomic E-state index is -0.575. The Bertz CT molecular complexity index is 1060. The quantitative estimate of drug-likeness (QED) is 0.615. The zero-order valence-electron chi connectivity index (χ0n) is 17.9. The molecule has 0 spiro atoms. The number of carbonyl (C=O) groups is 2. The number of benzene rings is 2. The van der Waals surface area contributed by atoms with Crippen LogP contribution in [0.1, 0.15) is 34.8 Å². The van der Waals surface area contributed by atoms with Gasteiger partial charge in [-0.15, -0.1) is 0 Å². The zero-order chi connectivity index (χ0) is 22.5. The van der Waals surface area contributed by atoms with Gasteiger partial charge >= 0.3 is 6.03 Å². The average Bonchev–Trinajstić information content (AvgIpc) is 3.33. The van der Waals surface area contributed by atoms with Gasteiger partial charge in [0.05, 0.1) is 6.04 Å². The number of nitrogens with two attached hydrogens (primary N) is 1. The largest absolute Gasteiger partial charge is 0.352 e. The number of urea groups is 1. The first kappa shape index (κ1) is 21.5. The summed E-state index contributed by atoms with van der Waals surface area (Å²) >= 11 is 0. The van der Waals surface area contributed by atoms with Gasteiger partial charge in [-0.05, 0) is 24.6 Å². The van der Waals surface area contributed by atoms with Crippen molar-refractivity contribution >= 4 is 11.9 Å². The van der Waals surface area contributed by atoms with E-state index in [9.17, 15) is 9.59 Å². The SMILES string of the molecule is CC(c1nc(-c2ccccc2)no1)N1CCN(C(=O)c2ccc(CNC(N)=O)cc2)CC1. The number of aromatic nitrogens is 2. The van der Waals surface area contributed by atoms with Crippen LogP contribution in [0.15, 0.2) is 59.1 Å². The van der Waals surface area contributed by atoms with Gasteiger partial charge in [-0.1, -0.05) is 47.6 Å². The monoisotopic (exact) mass is 434 g/mol. The van der Waals surface area contributed by atoms with E-state index >= 15 is 0 Å². The maximum absolute atomic E-state index is 12.9. The van der Waals surface area contributed by atoms with Gasteiger partial charge in [-0.3, -0.25) is 9.69 Å². The molecule has 1 saturated heterocycles. The Balaban J connectivity index is 1.32.